The monoisotopic (exact) mass is 524 g/mol. The summed E-state index contributed by atoms with van der Waals surface area (Å²) in [5.41, 5.74) is 0.574. The first-order chi connectivity index (χ1) is 16.3. The summed E-state index contributed by atoms with van der Waals surface area (Å²) in [5, 5.41) is 10.2. The van der Waals surface area contributed by atoms with Crippen molar-refractivity contribution >= 4 is 21.7 Å². The zero-order chi connectivity index (χ0) is 26.3. The molecule has 2 N–H and O–H groups in total. The predicted molar refractivity (Wildman–Crippen MR) is 119 cm³/mol. The van der Waals surface area contributed by atoms with Gasteiger partial charge in [-0.1, -0.05) is 25.0 Å². The molecule has 1 heterocycles. The summed E-state index contributed by atoms with van der Waals surface area (Å²) in [5.74, 6) is -2.87. The molecular formula is C22H31F3N2O7S. The molecule has 1 spiro atoms. The lowest BCUT2D eigenvalue weighted by Gasteiger charge is -2.49. The lowest BCUT2D eigenvalue weighted by molar-refractivity contribution is -0.192. The summed E-state index contributed by atoms with van der Waals surface area (Å²) < 4.78 is 66.6. The number of sulfone groups is 1. The van der Waals surface area contributed by atoms with Gasteiger partial charge in [-0.05, 0) is 30.5 Å². The van der Waals surface area contributed by atoms with Crippen LogP contribution >= 0.6 is 0 Å². The second-order valence-corrected chi connectivity index (χ2v) is 10.7. The Hall–Kier alpha value is -2.22. The van der Waals surface area contributed by atoms with Crippen molar-refractivity contribution in [2.75, 3.05) is 39.7 Å². The van der Waals surface area contributed by atoms with Gasteiger partial charge in [-0.25, -0.2) is 13.2 Å². The zero-order valence-corrected chi connectivity index (χ0v) is 20.5. The van der Waals surface area contributed by atoms with Crippen LogP contribution in [0, 0.1) is 0 Å². The third kappa shape index (κ3) is 8.74. The molecule has 1 aliphatic heterocycles. The minimum atomic E-state index is -5.08. The van der Waals surface area contributed by atoms with Gasteiger partial charge in [-0.2, -0.15) is 13.2 Å². The predicted octanol–water partition coefficient (Wildman–Crippen LogP) is 2.00. The van der Waals surface area contributed by atoms with Gasteiger partial charge in [0.2, 0.25) is 5.91 Å². The number of benzene rings is 1. The van der Waals surface area contributed by atoms with Gasteiger partial charge in [0.1, 0.15) is 12.2 Å². The van der Waals surface area contributed by atoms with Gasteiger partial charge < -0.3 is 19.9 Å². The van der Waals surface area contributed by atoms with Crippen LogP contribution in [-0.4, -0.2) is 87.8 Å². The summed E-state index contributed by atoms with van der Waals surface area (Å²) in [4.78, 5) is 23.6. The van der Waals surface area contributed by atoms with Gasteiger partial charge in [0, 0.05) is 33.0 Å². The molecule has 1 aliphatic carbocycles. The molecule has 1 amide bonds. The fourth-order valence-electron chi connectivity index (χ4n) is 4.29. The molecule has 198 valence electrons. The number of carbonyl (C=O) groups is 2. The Labute approximate surface area is 202 Å². The van der Waals surface area contributed by atoms with E-state index in [1.54, 1.807) is 18.2 Å². The number of carboxylic acids is 1. The molecule has 1 saturated heterocycles. The summed E-state index contributed by atoms with van der Waals surface area (Å²) in [6, 6.07) is 7.08. The number of morpholine rings is 1. The second-order valence-electron chi connectivity index (χ2n) is 8.65. The minimum Gasteiger partial charge on any atom is -0.475 e. The van der Waals surface area contributed by atoms with Crippen LogP contribution in [0.25, 0.3) is 0 Å². The minimum absolute atomic E-state index is 0.0333. The quantitative estimate of drug-likeness (QED) is 0.580. The third-order valence-electron chi connectivity index (χ3n) is 5.85. The topological polar surface area (TPSA) is 122 Å². The van der Waals surface area contributed by atoms with Gasteiger partial charge >= 0.3 is 12.1 Å². The Bertz CT molecular complexity index is 984. The van der Waals surface area contributed by atoms with Crippen molar-refractivity contribution < 1.29 is 45.8 Å². The SMILES string of the molecule is COCC(=O)NC1CCCCC12CN(Cc1cccc(S(C)(=O)=O)c1)CCO2.O=C(O)C(F)(F)F. The molecular weight excluding hydrogens is 493 g/mol. The normalized spacial score (nSPS) is 23.3. The molecule has 2 atom stereocenters. The molecule has 1 saturated carbocycles. The largest absolute Gasteiger partial charge is 0.490 e. The Morgan fingerprint density at radius 2 is 2.00 bits per heavy atom. The highest BCUT2D eigenvalue weighted by molar-refractivity contribution is 7.90. The number of nitrogens with one attached hydrogen (secondary N) is 1. The molecule has 2 fully saturated rings. The molecule has 0 radical (unpaired) electrons. The third-order valence-corrected chi connectivity index (χ3v) is 6.96. The first-order valence-electron chi connectivity index (χ1n) is 11.0. The van der Waals surface area contributed by atoms with E-state index in [9.17, 15) is 26.4 Å². The lowest BCUT2D eigenvalue weighted by atomic mass is 9.78. The molecule has 2 unspecified atom stereocenters. The maximum atomic E-state index is 12.1. The zero-order valence-electron chi connectivity index (χ0n) is 19.6. The highest BCUT2D eigenvalue weighted by Gasteiger charge is 2.45. The van der Waals surface area contributed by atoms with E-state index in [4.69, 9.17) is 19.4 Å². The van der Waals surface area contributed by atoms with Crippen molar-refractivity contribution in [2.45, 2.75) is 54.9 Å². The summed E-state index contributed by atoms with van der Waals surface area (Å²) in [7, 11) is -1.71. The molecule has 3 rings (SSSR count). The van der Waals surface area contributed by atoms with Crippen LogP contribution in [0.1, 0.15) is 31.2 Å². The number of carboxylic acid groups (broad SMARTS) is 1. The van der Waals surface area contributed by atoms with Crippen molar-refractivity contribution in [2.24, 2.45) is 0 Å². The molecule has 9 nitrogen and oxygen atoms in total. The van der Waals surface area contributed by atoms with Crippen LogP contribution in [0.3, 0.4) is 0 Å². The molecule has 1 aromatic carbocycles. The first-order valence-corrected chi connectivity index (χ1v) is 12.9. The maximum absolute atomic E-state index is 12.1. The van der Waals surface area contributed by atoms with Crippen molar-refractivity contribution in [3.63, 3.8) is 0 Å². The summed E-state index contributed by atoms with van der Waals surface area (Å²) >= 11 is 0. The number of carbonyl (C=O) groups excluding carboxylic acids is 1. The Morgan fingerprint density at radius 1 is 1.31 bits per heavy atom. The van der Waals surface area contributed by atoms with E-state index >= 15 is 0 Å². The van der Waals surface area contributed by atoms with Crippen LogP contribution in [0.5, 0.6) is 0 Å². The van der Waals surface area contributed by atoms with E-state index in [-0.39, 0.29) is 18.6 Å². The lowest BCUT2D eigenvalue weighted by Crippen LogP contribution is -2.64. The van der Waals surface area contributed by atoms with Crippen molar-refractivity contribution in [1.82, 2.24) is 10.2 Å². The van der Waals surface area contributed by atoms with E-state index in [1.165, 1.54) is 13.4 Å². The first kappa shape index (κ1) is 29.0. The van der Waals surface area contributed by atoms with Gasteiger partial charge in [-0.3, -0.25) is 9.69 Å². The summed E-state index contributed by atoms with van der Waals surface area (Å²) in [6.45, 7) is 2.81. The molecule has 1 aromatic rings. The van der Waals surface area contributed by atoms with E-state index in [0.717, 1.165) is 37.8 Å². The van der Waals surface area contributed by atoms with E-state index in [0.29, 0.717) is 24.6 Å². The number of alkyl halides is 3. The Kier molecular flexibility index (Phi) is 10.1. The fourth-order valence-corrected chi connectivity index (χ4v) is 4.98. The number of nitrogens with zero attached hydrogens (tertiary/aromatic N) is 1. The van der Waals surface area contributed by atoms with Crippen LogP contribution in [0.4, 0.5) is 13.2 Å². The standard InChI is InChI=1S/C20H30N2O5S.C2HF3O2/c1-26-14-19(23)21-18-8-3-4-9-20(18)15-22(10-11-27-20)13-16-6-5-7-17(12-16)28(2,24)25;3-2(4,5)1(6)7/h5-7,12,18H,3-4,8-11,13-15H2,1-2H3,(H,21,23);(H,6,7). The van der Waals surface area contributed by atoms with E-state index < -0.39 is 27.6 Å². The van der Waals surface area contributed by atoms with Gasteiger partial charge in [-0.15, -0.1) is 0 Å². The Morgan fingerprint density at radius 3 is 2.60 bits per heavy atom. The van der Waals surface area contributed by atoms with Crippen LogP contribution < -0.4 is 5.32 Å². The number of rotatable bonds is 6. The second kappa shape index (κ2) is 12.2. The number of methoxy groups -OCH3 is 1. The molecule has 0 bridgehead atoms. The Balaban J connectivity index is 0.000000540. The molecule has 2 aliphatic rings. The highest BCUT2D eigenvalue weighted by Crippen LogP contribution is 2.35. The van der Waals surface area contributed by atoms with E-state index in [1.807, 2.05) is 6.07 Å². The van der Waals surface area contributed by atoms with Crippen LogP contribution in [-0.2, 0) is 35.4 Å². The molecule has 13 heteroatoms. The maximum Gasteiger partial charge on any atom is 0.490 e. The van der Waals surface area contributed by atoms with Gasteiger partial charge in [0.15, 0.2) is 9.84 Å². The molecule has 0 aromatic heterocycles. The number of halogens is 3. The number of aliphatic carboxylic acids is 1. The fraction of sp³-hybridized carbons (Fsp3) is 0.636. The van der Waals surface area contributed by atoms with Crippen molar-refractivity contribution in [3.05, 3.63) is 29.8 Å². The average Bonchev–Trinajstić information content (AvgIpc) is 2.75. The van der Waals surface area contributed by atoms with Crippen LogP contribution in [0.2, 0.25) is 0 Å². The number of ether oxygens (including phenoxy) is 2. The van der Waals surface area contributed by atoms with Gasteiger partial charge in [0.05, 0.1) is 17.5 Å². The average molecular weight is 525 g/mol. The van der Waals surface area contributed by atoms with Crippen molar-refractivity contribution in [1.29, 1.82) is 0 Å². The van der Waals surface area contributed by atoms with Crippen LogP contribution in [0.15, 0.2) is 29.2 Å². The smallest absolute Gasteiger partial charge is 0.475 e. The van der Waals surface area contributed by atoms with E-state index in [2.05, 4.69) is 10.2 Å². The highest BCUT2D eigenvalue weighted by atomic mass is 32.2. The molecule has 35 heavy (non-hydrogen) atoms. The number of hydrogen-bond acceptors (Lipinski definition) is 7. The summed E-state index contributed by atoms with van der Waals surface area (Å²) in [6.07, 6.45) is 0.0936. The van der Waals surface area contributed by atoms with Gasteiger partial charge in [0.25, 0.3) is 0 Å². The number of hydrogen-bond donors (Lipinski definition) is 2. The van der Waals surface area contributed by atoms with Crippen molar-refractivity contribution in [3.8, 4) is 0 Å². The number of amides is 1.